The second-order valence-electron chi connectivity index (χ2n) is 5.28. The Labute approximate surface area is 144 Å². The number of rotatable bonds is 6. The van der Waals surface area contributed by atoms with Gasteiger partial charge in [0.2, 0.25) is 0 Å². The number of nitro benzene ring substituents is 1. The van der Waals surface area contributed by atoms with E-state index < -0.39 is 10.8 Å². The van der Waals surface area contributed by atoms with E-state index in [0.29, 0.717) is 18.5 Å². The van der Waals surface area contributed by atoms with E-state index in [1.807, 2.05) is 6.92 Å². The maximum Gasteiger partial charge on any atom is 0.270 e. The Morgan fingerprint density at radius 3 is 2.62 bits per heavy atom. The molecule has 2 aromatic rings. The third kappa shape index (κ3) is 4.02. The molecule has 0 aliphatic carbocycles. The number of para-hydroxylation sites is 1. The molecule has 6 nitrogen and oxygen atoms in total. The average Bonchev–Trinajstić information content (AvgIpc) is 2.56. The van der Waals surface area contributed by atoms with Gasteiger partial charge < -0.3 is 10.0 Å². The SMILES string of the molecule is CCCN(Cc1ccccc1O)C(=O)c1cc([N+](=O)[O-])ccc1Cl. The van der Waals surface area contributed by atoms with Crippen LogP contribution in [0.2, 0.25) is 5.02 Å². The summed E-state index contributed by atoms with van der Waals surface area (Å²) in [5, 5.41) is 21.0. The Balaban J connectivity index is 2.34. The molecule has 0 heterocycles. The third-order valence-corrected chi connectivity index (χ3v) is 3.85. The number of aromatic hydroxyl groups is 1. The molecule has 1 amide bonds. The summed E-state index contributed by atoms with van der Waals surface area (Å²) in [6, 6.07) is 10.5. The van der Waals surface area contributed by atoms with Gasteiger partial charge in [0.25, 0.3) is 11.6 Å². The highest BCUT2D eigenvalue weighted by molar-refractivity contribution is 6.33. The minimum atomic E-state index is -0.569. The first-order valence-corrected chi connectivity index (χ1v) is 7.82. The first-order valence-electron chi connectivity index (χ1n) is 7.44. The van der Waals surface area contributed by atoms with Crippen molar-refractivity contribution in [2.75, 3.05) is 6.54 Å². The molecule has 0 aromatic heterocycles. The minimum Gasteiger partial charge on any atom is -0.508 e. The van der Waals surface area contributed by atoms with E-state index in [1.165, 1.54) is 23.1 Å². The van der Waals surface area contributed by atoms with E-state index in [4.69, 9.17) is 11.6 Å². The number of hydrogen-bond acceptors (Lipinski definition) is 4. The van der Waals surface area contributed by atoms with Crippen LogP contribution in [0.1, 0.15) is 29.3 Å². The molecule has 0 saturated carbocycles. The van der Waals surface area contributed by atoms with Crippen molar-refractivity contribution in [1.82, 2.24) is 4.90 Å². The zero-order valence-electron chi connectivity index (χ0n) is 13.1. The Morgan fingerprint density at radius 1 is 1.29 bits per heavy atom. The molecule has 0 aliphatic heterocycles. The number of halogens is 1. The molecule has 0 saturated heterocycles. The summed E-state index contributed by atoms with van der Waals surface area (Å²) in [7, 11) is 0. The smallest absolute Gasteiger partial charge is 0.270 e. The monoisotopic (exact) mass is 348 g/mol. The topological polar surface area (TPSA) is 83.7 Å². The van der Waals surface area contributed by atoms with Crippen molar-refractivity contribution in [3.05, 3.63) is 68.7 Å². The fraction of sp³-hybridized carbons (Fsp3) is 0.235. The Morgan fingerprint density at radius 2 is 2.00 bits per heavy atom. The van der Waals surface area contributed by atoms with E-state index >= 15 is 0 Å². The van der Waals surface area contributed by atoms with E-state index in [0.717, 1.165) is 0 Å². The van der Waals surface area contributed by atoms with Crippen LogP contribution in [0.15, 0.2) is 42.5 Å². The molecular weight excluding hydrogens is 332 g/mol. The van der Waals surface area contributed by atoms with Gasteiger partial charge in [-0.1, -0.05) is 36.7 Å². The zero-order chi connectivity index (χ0) is 17.7. The summed E-state index contributed by atoms with van der Waals surface area (Å²) in [6.07, 6.45) is 0.700. The largest absolute Gasteiger partial charge is 0.508 e. The second-order valence-corrected chi connectivity index (χ2v) is 5.68. The van der Waals surface area contributed by atoms with E-state index in [2.05, 4.69) is 0 Å². The lowest BCUT2D eigenvalue weighted by Crippen LogP contribution is -2.31. The summed E-state index contributed by atoms with van der Waals surface area (Å²) in [6.45, 7) is 2.55. The molecule has 0 atom stereocenters. The molecule has 2 rings (SSSR count). The molecule has 7 heteroatoms. The number of nitrogens with zero attached hydrogens (tertiary/aromatic N) is 2. The van der Waals surface area contributed by atoms with Crippen LogP contribution in [0, 0.1) is 10.1 Å². The first kappa shape index (κ1) is 17.7. The summed E-state index contributed by atoms with van der Waals surface area (Å²) < 4.78 is 0. The molecule has 0 aliphatic rings. The minimum absolute atomic E-state index is 0.0785. The number of benzene rings is 2. The van der Waals surface area contributed by atoms with Crippen molar-refractivity contribution in [2.24, 2.45) is 0 Å². The second kappa shape index (κ2) is 7.79. The maximum absolute atomic E-state index is 12.8. The van der Waals surface area contributed by atoms with Crippen LogP contribution in [-0.4, -0.2) is 27.4 Å². The van der Waals surface area contributed by atoms with Gasteiger partial charge in [-0.2, -0.15) is 0 Å². The van der Waals surface area contributed by atoms with Gasteiger partial charge in [-0.3, -0.25) is 14.9 Å². The van der Waals surface area contributed by atoms with Crippen molar-refractivity contribution in [3.8, 4) is 5.75 Å². The number of phenols is 1. The van der Waals surface area contributed by atoms with Gasteiger partial charge in [-0.15, -0.1) is 0 Å². The Kier molecular flexibility index (Phi) is 5.76. The maximum atomic E-state index is 12.8. The summed E-state index contributed by atoms with van der Waals surface area (Å²) in [4.78, 5) is 24.7. The van der Waals surface area contributed by atoms with Gasteiger partial charge in [-0.25, -0.2) is 0 Å². The Bertz CT molecular complexity index is 764. The average molecular weight is 349 g/mol. The van der Waals surface area contributed by atoms with Crippen molar-refractivity contribution < 1.29 is 14.8 Å². The number of non-ortho nitro benzene ring substituents is 1. The number of amides is 1. The van der Waals surface area contributed by atoms with Gasteiger partial charge in [0.05, 0.1) is 15.5 Å². The molecule has 0 bridgehead atoms. The molecule has 0 unspecified atom stereocenters. The van der Waals surface area contributed by atoms with Gasteiger partial charge in [0, 0.05) is 30.8 Å². The van der Waals surface area contributed by atoms with E-state index in [1.54, 1.807) is 24.3 Å². The quantitative estimate of drug-likeness (QED) is 0.631. The highest BCUT2D eigenvalue weighted by atomic mass is 35.5. The van der Waals surface area contributed by atoms with Gasteiger partial charge in [0.15, 0.2) is 0 Å². The molecule has 126 valence electrons. The molecule has 1 N–H and O–H groups in total. The van der Waals surface area contributed by atoms with Crippen LogP contribution in [-0.2, 0) is 6.54 Å². The predicted molar refractivity (Wildman–Crippen MR) is 91.2 cm³/mol. The van der Waals surface area contributed by atoms with Gasteiger partial charge >= 0.3 is 0 Å². The van der Waals surface area contributed by atoms with Crippen molar-refractivity contribution >= 4 is 23.2 Å². The number of phenolic OH excluding ortho intramolecular Hbond substituents is 1. The highest BCUT2D eigenvalue weighted by Gasteiger charge is 2.21. The third-order valence-electron chi connectivity index (χ3n) is 3.52. The van der Waals surface area contributed by atoms with Crippen LogP contribution in [0.5, 0.6) is 5.75 Å². The van der Waals surface area contributed by atoms with E-state index in [-0.39, 0.29) is 28.6 Å². The number of carbonyl (C=O) groups excluding carboxylic acids is 1. The summed E-state index contributed by atoms with van der Waals surface area (Å²) in [5.74, 6) is -0.314. The molecule has 0 radical (unpaired) electrons. The van der Waals surface area contributed by atoms with Crippen molar-refractivity contribution in [1.29, 1.82) is 0 Å². The van der Waals surface area contributed by atoms with Gasteiger partial charge in [-0.05, 0) is 18.6 Å². The summed E-state index contributed by atoms with van der Waals surface area (Å²) in [5.41, 5.74) is 0.484. The zero-order valence-corrected chi connectivity index (χ0v) is 13.9. The number of nitro groups is 1. The summed E-state index contributed by atoms with van der Waals surface area (Å²) >= 11 is 6.05. The first-order chi connectivity index (χ1) is 11.4. The van der Waals surface area contributed by atoms with Crippen molar-refractivity contribution in [3.63, 3.8) is 0 Å². The van der Waals surface area contributed by atoms with Crippen molar-refractivity contribution in [2.45, 2.75) is 19.9 Å². The molecule has 2 aromatic carbocycles. The highest BCUT2D eigenvalue weighted by Crippen LogP contribution is 2.25. The predicted octanol–water partition coefficient (Wildman–Crippen LogP) is 4.01. The van der Waals surface area contributed by atoms with Crippen LogP contribution < -0.4 is 0 Å². The van der Waals surface area contributed by atoms with E-state index in [9.17, 15) is 20.0 Å². The van der Waals surface area contributed by atoms with Crippen LogP contribution >= 0.6 is 11.6 Å². The number of carbonyl (C=O) groups is 1. The van der Waals surface area contributed by atoms with Gasteiger partial charge in [0.1, 0.15) is 5.75 Å². The van der Waals surface area contributed by atoms with Crippen LogP contribution in [0.4, 0.5) is 5.69 Å². The molecule has 0 fully saturated rings. The Hall–Kier alpha value is -2.60. The normalized spacial score (nSPS) is 10.4. The molecular formula is C17H17ClN2O4. The fourth-order valence-electron chi connectivity index (χ4n) is 2.33. The fourth-order valence-corrected chi connectivity index (χ4v) is 2.53. The lowest BCUT2D eigenvalue weighted by atomic mass is 10.1. The molecule has 24 heavy (non-hydrogen) atoms. The lowest BCUT2D eigenvalue weighted by molar-refractivity contribution is -0.384. The standard InChI is InChI=1S/C17H17ClN2O4/c1-2-9-19(11-12-5-3-4-6-16(12)21)17(22)14-10-13(20(23)24)7-8-15(14)18/h3-8,10,21H,2,9,11H2,1H3. The van der Waals surface area contributed by atoms with Crippen LogP contribution in [0.25, 0.3) is 0 Å². The lowest BCUT2D eigenvalue weighted by Gasteiger charge is -2.23. The number of hydrogen-bond donors (Lipinski definition) is 1. The molecule has 0 spiro atoms. The van der Waals surface area contributed by atoms with Crippen LogP contribution in [0.3, 0.4) is 0 Å².